The molecule has 0 saturated carbocycles. The lowest BCUT2D eigenvalue weighted by atomic mass is 9.60. The molecular weight excluding hydrogens is 284 g/mol. The van der Waals surface area contributed by atoms with Gasteiger partial charge in [-0.3, -0.25) is 4.79 Å². The number of aryl methyl sites for hydroxylation is 1. The Bertz CT molecular complexity index is 628. The Morgan fingerprint density at radius 2 is 2.04 bits per heavy atom. The lowest BCUT2D eigenvalue weighted by Crippen LogP contribution is -2.46. The van der Waals surface area contributed by atoms with E-state index in [9.17, 15) is 4.79 Å². The highest BCUT2D eigenvalue weighted by Crippen LogP contribution is 2.51. The standard InChI is InChI=1S/C21H28O2/c1-4-12-23-20(22)21-14-16(3)15(2)13-18(21)10-7-9-17-8-5-6-11-19(17)21/h5-6,8,11,18H,4,7,9-10,12-14H2,1-3H3/t18-,21-/m0/s1. The molecule has 0 unspecified atom stereocenters. The van der Waals surface area contributed by atoms with Crippen molar-refractivity contribution < 1.29 is 9.53 Å². The molecule has 2 heteroatoms. The summed E-state index contributed by atoms with van der Waals surface area (Å²) in [5.74, 6) is 0.379. The maximum atomic E-state index is 13.2. The highest BCUT2D eigenvalue weighted by molar-refractivity contribution is 5.85. The smallest absolute Gasteiger partial charge is 0.317 e. The summed E-state index contributed by atoms with van der Waals surface area (Å²) >= 11 is 0. The highest BCUT2D eigenvalue weighted by atomic mass is 16.5. The van der Waals surface area contributed by atoms with Crippen LogP contribution in [0.2, 0.25) is 0 Å². The molecule has 124 valence electrons. The number of carbonyl (C=O) groups is 1. The number of hydrogen-bond acceptors (Lipinski definition) is 2. The third kappa shape index (κ3) is 2.73. The Morgan fingerprint density at radius 3 is 2.83 bits per heavy atom. The summed E-state index contributed by atoms with van der Waals surface area (Å²) in [5.41, 5.74) is 4.94. The van der Waals surface area contributed by atoms with Gasteiger partial charge in [-0.05, 0) is 69.4 Å². The number of esters is 1. The number of rotatable bonds is 3. The van der Waals surface area contributed by atoms with Crippen molar-refractivity contribution in [2.45, 2.75) is 64.7 Å². The van der Waals surface area contributed by atoms with Crippen LogP contribution in [0.25, 0.3) is 0 Å². The van der Waals surface area contributed by atoms with Crippen molar-refractivity contribution in [1.82, 2.24) is 0 Å². The normalized spacial score (nSPS) is 27.0. The van der Waals surface area contributed by atoms with Crippen LogP contribution in [0.4, 0.5) is 0 Å². The minimum absolute atomic E-state index is 0.00514. The number of benzene rings is 1. The van der Waals surface area contributed by atoms with Gasteiger partial charge in [-0.25, -0.2) is 0 Å². The Labute approximate surface area is 139 Å². The zero-order chi connectivity index (χ0) is 16.4. The van der Waals surface area contributed by atoms with Gasteiger partial charge in [0.2, 0.25) is 0 Å². The summed E-state index contributed by atoms with van der Waals surface area (Å²) in [6.45, 7) is 7.00. The van der Waals surface area contributed by atoms with Crippen molar-refractivity contribution in [3.8, 4) is 0 Å². The fourth-order valence-corrected chi connectivity index (χ4v) is 4.48. The van der Waals surface area contributed by atoms with Crippen molar-refractivity contribution in [2.75, 3.05) is 6.61 Å². The lowest BCUT2D eigenvalue weighted by Gasteiger charge is -2.43. The second-order valence-corrected chi connectivity index (χ2v) is 7.30. The topological polar surface area (TPSA) is 26.3 Å². The van der Waals surface area contributed by atoms with Gasteiger partial charge in [0, 0.05) is 0 Å². The molecule has 0 spiro atoms. The van der Waals surface area contributed by atoms with Crippen molar-refractivity contribution in [3.63, 3.8) is 0 Å². The molecule has 1 aromatic carbocycles. The number of carbonyl (C=O) groups excluding carboxylic acids is 1. The summed E-state index contributed by atoms with van der Waals surface area (Å²) in [6, 6.07) is 8.56. The van der Waals surface area contributed by atoms with E-state index in [0.717, 1.165) is 38.5 Å². The molecule has 0 heterocycles. The van der Waals surface area contributed by atoms with Crippen LogP contribution in [0.1, 0.15) is 64.0 Å². The summed E-state index contributed by atoms with van der Waals surface area (Å²) < 4.78 is 5.73. The summed E-state index contributed by atoms with van der Waals surface area (Å²) in [4.78, 5) is 13.2. The molecular formula is C21H28O2. The molecule has 0 saturated heterocycles. The maximum absolute atomic E-state index is 13.2. The first-order chi connectivity index (χ1) is 11.1. The van der Waals surface area contributed by atoms with E-state index in [1.54, 1.807) is 0 Å². The molecule has 2 aliphatic rings. The van der Waals surface area contributed by atoms with Gasteiger partial charge in [0.05, 0.1) is 12.0 Å². The lowest BCUT2D eigenvalue weighted by molar-refractivity contribution is -0.153. The van der Waals surface area contributed by atoms with Gasteiger partial charge in [0.1, 0.15) is 0 Å². The summed E-state index contributed by atoms with van der Waals surface area (Å²) in [5, 5.41) is 0. The van der Waals surface area contributed by atoms with Gasteiger partial charge in [-0.2, -0.15) is 0 Å². The number of fused-ring (bicyclic) bond motifs is 3. The van der Waals surface area contributed by atoms with Gasteiger partial charge >= 0.3 is 5.97 Å². The van der Waals surface area contributed by atoms with Crippen molar-refractivity contribution in [3.05, 3.63) is 46.5 Å². The molecule has 2 atom stereocenters. The quantitative estimate of drug-likeness (QED) is 0.582. The maximum Gasteiger partial charge on any atom is 0.317 e. The molecule has 0 bridgehead atoms. The second-order valence-electron chi connectivity index (χ2n) is 7.30. The average Bonchev–Trinajstić information content (AvgIpc) is 2.71. The predicted octanol–water partition coefficient (Wildman–Crippen LogP) is 4.96. The SMILES string of the molecule is CCCOC(=O)[C@@]12CC(C)=C(C)C[C@@H]1CCCc1ccccc12. The molecule has 3 rings (SSSR count). The molecule has 0 fully saturated rings. The van der Waals surface area contributed by atoms with Crippen LogP contribution in [0.3, 0.4) is 0 Å². The fourth-order valence-electron chi connectivity index (χ4n) is 4.48. The molecule has 2 nitrogen and oxygen atoms in total. The molecule has 0 aromatic heterocycles. The van der Waals surface area contributed by atoms with Crippen LogP contribution in [-0.2, 0) is 21.4 Å². The van der Waals surface area contributed by atoms with E-state index in [1.807, 2.05) is 0 Å². The summed E-state index contributed by atoms with van der Waals surface area (Å²) in [7, 11) is 0. The first-order valence-electron chi connectivity index (χ1n) is 9.00. The van der Waals surface area contributed by atoms with E-state index in [2.05, 4.69) is 45.0 Å². The van der Waals surface area contributed by atoms with Gasteiger partial charge < -0.3 is 4.74 Å². The molecule has 2 aliphatic carbocycles. The second kappa shape index (κ2) is 6.51. The van der Waals surface area contributed by atoms with Crippen LogP contribution in [0.15, 0.2) is 35.4 Å². The van der Waals surface area contributed by atoms with Crippen molar-refractivity contribution >= 4 is 5.97 Å². The van der Waals surface area contributed by atoms with Crippen LogP contribution >= 0.6 is 0 Å². The monoisotopic (exact) mass is 312 g/mol. The fraction of sp³-hybridized carbons (Fsp3) is 0.571. The third-order valence-electron chi connectivity index (χ3n) is 5.82. The zero-order valence-corrected chi connectivity index (χ0v) is 14.7. The van der Waals surface area contributed by atoms with E-state index < -0.39 is 5.41 Å². The van der Waals surface area contributed by atoms with Crippen molar-refractivity contribution in [1.29, 1.82) is 0 Å². The van der Waals surface area contributed by atoms with Crippen LogP contribution in [-0.4, -0.2) is 12.6 Å². The molecule has 23 heavy (non-hydrogen) atoms. The zero-order valence-electron chi connectivity index (χ0n) is 14.7. The van der Waals surface area contributed by atoms with E-state index in [0.29, 0.717) is 12.5 Å². The van der Waals surface area contributed by atoms with Crippen LogP contribution in [0.5, 0.6) is 0 Å². The van der Waals surface area contributed by atoms with E-state index in [1.165, 1.54) is 22.3 Å². The van der Waals surface area contributed by atoms with E-state index in [-0.39, 0.29) is 5.97 Å². The Balaban J connectivity index is 2.14. The molecule has 0 radical (unpaired) electrons. The molecule has 0 amide bonds. The van der Waals surface area contributed by atoms with Crippen molar-refractivity contribution in [2.24, 2.45) is 5.92 Å². The van der Waals surface area contributed by atoms with Gasteiger partial charge in [0.15, 0.2) is 0 Å². The van der Waals surface area contributed by atoms with E-state index >= 15 is 0 Å². The third-order valence-corrected chi connectivity index (χ3v) is 5.82. The first-order valence-corrected chi connectivity index (χ1v) is 9.00. The minimum Gasteiger partial charge on any atom is -0.465 e. The minimum atomic E-state index is -0.466. The number of ether oxygens (including phenoxy) is 1. The average molecular weight is 312 g/mol. The first kappa shape index (κ1) is 16.3. The molecule has 0 aliphatic heterocycles. The summed E-state index contributed by atoms with van der Waals surface area (Å²) in [6.07, 6.45) is 6.08. The van der Waals surface area contributed by atoms with Crippen LogP contribution < -0.4 is 0 Å². The highest BCUT2D eigenvalue weighted by Gasteiger charge is 2.51. The van der Waals surface area contributed by atoms with Crippen LogP contribution in [0, 0.1) is 5.92 Å². The molecule has 1 aromatic rings. The Morgan fingerprint density at radius 1 is 1.26 bits per heavy atom. The van der Waals surface area contributed by atoms with Gasteiger partial charge in [0.25, 0.3) is 0 Å². The van der Waals surface area contributed by atoms with Gasteiger partial charge in [-0.15, -0.1) is 0 Å². The number of allylic oxidation sites excluding steroid dienone is 2. The largest absolute Gasteiger partial charge is 0.465 e. The molecule has 0 N–H and O–H groups in total. The van der Waals surface area contributed by atoms with E-state index in [4.69, 9.17) is 4.74 Å². The number of hydrogen-bond donors (Lipinski definition) is 0. The Hall–Kier alpha value is -1.57. The Kier molecular flexibility index (Phi) is 4.61. The predicted molar refractivity (Wildman–Crippen MR) is 93.4 cm³/mol. The van der Waals surface area contributed by atoms with Gasteiger partial charge in [-0.1, -0.05) is 42.3 Å².